The fraction of sp³-hybridized carbons (Fsp3) is 0.308. The van der Waals surface area contributed by atoms with E-state index in [4.69, 9.17) is 5.11 Å². The molecule has 0 saturated heterocycles. The van der Waals surface area contributed by atoms with Gasteiger partial charge in [0.15, 0.2) is 0 Å². The highest BCUT2D eigenvalue weighted by Gasteiger charge is 2.29. The highest BCUT2D eigenvalue weighted by atomic mass is 32.2. The zero-order chi connectivity index (χ0) is 14.9. The van der Waals surface area contributed by atoms with E-state index < -0.39 is 38.7 Å². The molecule has 1 aliphatic carbocycles. The predicted octanol–water partition coefficient (Wildman–Crippen LogP) is 1.44. The number of hydrogen-bond acceptors (Lipinski definition) is 3. The second-order valence-electron chi connectivity index (χ2n) is 4.73. The Morgan fingerprint density at radius 3 is 2.70 bits per heavy atom. The zero-order valence-electron chi connectivity index (χ0n) is 10.7. The molecule has 0 heterocycles. The molecule has 0 aliphatic heterocycles. The van der Waals surface area contributed by atoms with Crippen LogP contribution in [0.3, 0.4) is 0 Å². The molecule has 0 spiro atoms. The smallest absolute Gasteiger partial charge is 0.310 e. The molecule has 20 heavy (non-hydrogen) atoms. The van der Waals surface area contributed by atoms with Gasteiger partial charge in [0.05, 0.1) is 5.92 Å². The van der Waals surface area contributed by atoms with Gasteiger partial charge in [0, 0.05) is 6.04 Å². The summed E-state index contributed by atoms with van der Waals surface area (Å²) in [7, 11) is -4.02. The van der Waals surface area contributed by atoms with Crippen LogP contribution in [0.5, 0.6) is 0 Å². The molecule has 1 aromatic rings. The van der Waals surface area contributed by atoms with Gasteiger partial charge in [-0.15, -0.1) is 0 Å². The molecule has 2 atom stereocenters. The van der Waals surface area contributed by atoms with Crippen LogP contribution < -0.4 is 4.72 Å². The van der Waals surface area contributed by atoms with Gasteiger partial charge in [0.2, 0.25) is 10.0 Å². The van der Waals surface area contributed by atoms with Crippen molar-refractivity contribution < 1.29 is 22.7 Å². The van der Waals surface area contributed by atoms with Crippen LogP contribution >= 0.6 is 0 Å². The Morgan fingerprint density at radius 2 is 2.10 bits per heavy atom. The number of carbonyl (C=O) groups is 1. The molecule has 2 rings (SSSR count). The van der Waals surface area contributed by atoms with Crippen LogP contribution in [0, 0.1) is 18.7 Å². The topological polar surface area (TPSA) is 83.5 Å². The van der Waals surface area contributed by atoms with Gasteiger partial charge in [0.25, 0.3) is 0 Å². The lowest BCUT2D eigenvalue weighted by Gasteiger charge is -2.13. The fourth-order valence-corrected chi connectivity index (χ4v) is 3.41. The Morgan fingerprint density at radius 1 is 1.40 bits per heavy atom. The summed E-state index contributed by atoms with van der Waals surface area (Å²) in [5.41, 5.74) is 0.622. The quantitative estimate of drug-likeness (QED) is 0.824. The highest BCUT2D eigenvalue weighted by Crippen LogP contribution is 2.21. The minimum absolute atomic E-state index is 0.127. The van der Waals surface area contributed by atoms with E-state index >= 15 is 0 Å². The SMILES string of the molecule is Cc1ccc(F)c(S(=O)(=O)NC2C=CC(C(=O)O)C2)c1. The monoisotopic (exact) mass is 299 g/mol. The first kappa shape index (κ1) is 14.7. The average Bonchev–Trinajstić information content (AvgIpc) is 2.80. The molecule has 108 valence electrons. The number of halogens is 1. The van der Waals surface area contributed by atoms with Gasteiger partial charge in [0.1, 0.15) is 10.7 Å². The molecule has 2 N–H and O–H groups in total. The van der Waals surface area contributed by atoms with E-state index in [0.717, 1.165) is 6.07 Å². The summed E-state index contributed by atoms with van der Waals surface area (Å²) in [5, 5.41) is 8.84. The van der Waals surface area contributed by atoms with E-state index in [2.05, 4.69) is 4.72 Å². The standard InChI is InChI=1S/C13H14FNO4S/c1-8-2-5-11(14)12(6-8)20(18,19)15-10-4-3-9(7-10)13(16)17/h2-6,9-10,15H,7H2,1H3,(H,16,17). The van der Waals surface area contributed by atoms with E-state index in [0.29, 0.717) is 5.56 Å². The maximum absolute atomic E-state index is 13.6. The van der Waals surface area contributed by atoms with Crippen molar-refractivity contribution in [2.24, 2.45) is 5.92 Å². The minimum Gasteiger partial charge on any atom is -0.481 e. The number of nitrogens with one attached hydrogen (secondary N) is 1. The first-order valence-corrected chi connectivity index (χ1v) is 7.47. The average molecular weight is 299 g/mol. The number of hydrogen-bond donors (Lipinski definition) is 2. The molecule has 2 unspecified atom stereocenters. The highest BCUT2D eigenvalue weighted by molar-refractivity contribution is 7.89. The lowest BCUT2D eigenvalue weighted by atomic mass is 10.1. The van der Waals surface area contributed by atoms with Crippen molar-refractivity contribution in [3.63, 3.8) is 0 Å². The summed E-state index contributed by atoms with van der Waals surface area (Å²) in [6.45, 7) is 1.66. The van der Waals surface area contributed by atoms with Gasteiger partial charge < -0.3 is 5.11 Å². The summed E-state index contributed by atoms with van der Waals surface area (Å²) in [6.07, 6.45) is 3.04. The fourth-order valence-electron chi connectivity index (χ4n) is 2.05. The Balaban J connectivity index is 2.19. The van der Waals surface area contributed by atoms with Crippen molar-refractivity contribution in [1.29, 1.82) is 0 Å². The summed E-state index contributed by atoms with van der Waals surface area (Å²) >= 11 is 0. The van der Waals surface area contributed by atoms with Crippen LogP contribution in [0.15, 0.2) is 35.2 Å². The van der Waals surface area contributed by atoms with Crippen molar-refractivity contribution in [2.45, 2.75) is 24.3 Å². The molecular formula is C13H14FNO4S. The number of sulfonamides is 1. The molecule has 0 bridgehead atoms. The molecule has 0 saturated carbocycles. The van der Waals surface area contributed by atoms with Crippen LogP contribution in [0.1, 0.15) is 12.0 Å². The number of carboxylic acid groups (broad SMARTS) is 1. The number of carboxylic acids is 1. The van der Waals surface area contributed by atoms with Crippen LogP contribution in [-0.4, -0.2) is 25.5 Å². The number of aryl methyl sites for hydroxylation is 1. The van der Waals surface area contributed by atoms with E-state index in [9.17, 15) is 17.6 Å². The first-order valence-electron chi connectivity index (χ1n) is 5.99. The minimum atomic E-state index is -4.02. The first-order chi connectivity index (χ1) is 9.29. The lowest BCUT2D eigenvalue weighted by molar-refractivity contribution is -0.140. The van der Waals surface area contributed by atoms with E-state index in [1.54, 1.807) is 6.92 Å². The third kappa shape index (κ3) is 3.05. The Kier molecular flexibility index (Phi) is 3.92. The van der Waals surface area contributed by atoms with Crippen molar-refractivity contribution in [2.75, 3.05) is 0 Å². The Bertz CT molecular complexity index is 669. The predicted molar refractivity (Wildman–Crippen MR) is 70.1 cm³/mol. The zero-order valence-corrected chi connectivity index (χ0v) is 11.5. The van der Waals surface area contributed by atoms with Gasteiger partial charge in [-0.25, -0.2) is 17.5 Å². The van der Waals surface area contributed by atoms with Crippen LogP contribution in [0.2, 0.25) is 0 Å². The molecule has 0 radical (unpaired) electrons. The van der Waals surface area contributed by atoms with E-state index in [1.807, 2.05) is 0 Å². The Hall–Kier alpha value is -1.73. The van der Waals surface area contributed by atoms with Crippen molar-refractivity contribution in [1.82, 2.24) is 4.72 Å². The van der Waals surface area contributed by atoms with Crippen molar-refractivity contribution in [3.8, 4) is 0 Å². The largest absolute Gasteiger partial charge is 0.481 e. The van der Waals surface area contributed by atoms with Gasteiger partial charge in [-0.05, 0) is 31.0 Å². The van der Waals surface area contributed by atoms with Gasteiger partial charge in [-0.2, -0.15) is 0 Å². The van der Waals surface area contributed by atoms with Crippen LogP contribution in [0.25, 0.3) is 0 Å². The van der Waals surface area contributed by atoms with Crippen LogP contribution in [-0.2, 0) is 14.8 Å². The van der Waals surface area contributed by atoms with Gasteiger partial charge >= 0.3 is 5.97 Å². The lowest BCUT2D eigenvalue weighted by Crippen LogP contribution is -2.33. The molecule has 0 aromatic heterocycles. The molecule has 1 aliphatic rings. The van der Waals surface area contributed by atoms with E-state index in [-0.39, 0.29) is 6.42 Å². The molecule has 7 heteroatoms. The summed E-state index contributed by atoms with van der Waals surface area (Å²) in [6, 6.07) is 3.17. The second-order valence-corrected chi connectivity index (χ2v) is 6.41. The third-order valence-electron chi connectivity index (χ3n) is 3.08. The van der Waals surface area contributed by atoms with E-state index in [1.165, 1.54) is 24.3 Å². The van der Waals surface area contributed by atoms with Gasteiger partial charge in [-0.1, -0.05) is 18.2 Å². The molecular weight excluding hydrogens is 285 g/mol. The number of rotatable bonds is 4. The van der Waals surface area contributed by atoms with Crippen molar-refractivity contribution >= 4 is 16.0 Å². The number of benzene rings is 1. The molecule has 1 aromatic carbocycles. The summed E-state index contributed by atoms with van der Waals surface area (Å²) in [4.78, 5) is 10.4. The normalized spacial score (nSPS) is 22.1. The van der Waals surface area contributed by atoms with Crippen molar-refractivity contribution in [3.05, 3.63) is 41.7 Å². The maximum Gasteiger partial charge on any atom is 0.310 e. The maximum atomic E-state index is 13.6. The molecule has 5 nitrogen and oxygen atoms in total. The molecule has 0 fully saturated rings. The summed E-state index contributed by atoms with van der Waals surface area (Å²) in [5.74, 6) is -2.56. The Labute approximate surface area is 116 Å². The number of aliphatic carboxylic acids is 1. The molecule has 0 amide bonds. The van der Waals surface area contributed by atoms with Gasteiger partial charge in [-0.3, -0.25) is 4.79 Å². The summed E-state index contributed by atoms with van der Waals surface area (Å²) < 4.78 is 40.1. The second kappa shape index (κ2) is 5.34. The van der Waals surface area contributed by atoms with Crippen LogP contribution in [0.4, 0.5) is 4.39 Å². The third-order valence-corrected chi connectivity index (χ3v) is 4.59.